The van der Waals surface area contributed by atoms with Crippen molar-refractivity contribution < 1.29 is 4.79 Å². The summed E-state index contributed by atoms with van der Waals surface area (Å²) in [6.45, 7) is 0. The van der Waals surface area contributed by atoms with E-state index in [0.29, 0.717) is 5.69 Å². The second-order valence-corrected chi connectivity index (χ2v) is 2.93. The van der Waals surface area contributed by atoms with Gasteiger partial charge in [-0.2, -0.15) is 9.90 Å². The van der Waals surface area contributed by atoms with Gasteiger partial charge in [-0.05, 0) is 12.1 Å². The quantitative estimate of drug-likeness (QED) is 0.776. The summed E-state index contributed by atoms with van der Waals surface area (Å²) in [5, 5.41) is 10.5. The fraction of sp³-hybridized carbons (Fsp3) is 0.100. The molecule has 0 radical (unpaired) electrons. The molecule has 0 atom stereocenters. The van der Waals surface area contributed by atoms with E-state index in [1.807, 2.05) is 30.3 Å². The first kappa shape index (κ1) is 9.39. The Morgan fingerprint density at radius 3 is 2.73 bits per heavy atom. The molecule has 1 amide bonds. The molecule has 0 unspecified atom stereocenters. The van der Waals surface area contributed by atoms with Crippen molar-refractivity contribution in [2.75, 3.05) is 7.05 Å². The fourth-order valence-corrected chi connectivity index (χ4v) is 1.18. The average Bonchev–Trinajstić information content (AvgIpc) is 2.78. The van der Waals surface area contributed by atoms with Gasteiger partial charge in [-0.15, -0.1) is 5.10 Å². The highest BCUT2D eigenvalue weighted by molar-refractivity contribution is 5.91. The number of para-hydroxylation sites is 1. The van der Waals surface area contributed by atoms with Gasteiger partial charge in [0, 0.05) is 7.05 Å². The SMILES string of the molecule is CNC(=O)c1cnn(-c2ccccc2)n1. The Bertz CT molecular complexity index is 463. The molecule has 76 valence electrons. The average molecular weight is 202 g/mol. The van der Waals surface area contributed by atoms with Gasteiger partial charge in [0.1, 0.15) is 0 Å². The van der Waals surface area contributed by atoms with Crippen molar-refractivity contribution in [3.8, 4) is 5.69 Å². The van der Waals surface area contributed by atoms with E-state index in [2.05, 4.69) is 15.5 Å². The van der Waals surface area contributed by atoms with Gasteiger partial charge in [-0.25, -0.2) is 0 Å². The molecule has 2 aromatic rings. The molecule has 0 saturated carbocycles. The van der Waals surface area contributed by atoms with Crippen LogP contribution in [0, 0.1) is 0 Å². The number of rotatable bonds is 2. The van der Waals surface area contributed by atoms with Crippen LogP contribution in [0.3, 0.4) is 0 Å². The van der Waals surface area contributed by atoms with E-state index in [1.165, 1.54) is 11.0 Å². The Morgan fingerprint density at radius 2 is 2.07 bits per heavy atom. The van der Waals surface area contributed by atoms with E-state index in [0.717, 1.165) is 5.69 Å². The Balaban J connectivity index is 2.32. The van der Waals surface area contributed by atoms with Crippen molar-refractivity contribution in [3.63, 3.8) is 0 Å². The van der Waals surface area contributed by atoms with E-state index < -0.39 is 0 Å². The third kappa shape index (κ3) is 1.85. The Kier molecular flexibility index (Phi) is 2.45. The molecule has 2 rings (SSSR count). The lowest BCUT2D eigenvalue weighted by Gasteiger charge is -1.97. The molecule has 0 saturated heterocycles. The molecule has 15 heavy (non-hydrogen) atoms. The summed E-state index contributed by atoms with van der Waals surface area (Å²) in [7, 11) is 1.56. The van der Waals surface area contributed by atoms with Crippen LogP contribution < -0.4 is 5.32 Å². The van der Waals surface area contributed by atoms with Gasteiger partial charge < -0.3 is 5.32 Å². The molecule has 5 heteroatoms. The maximum Gasteiger partial charge on any atom is 0.273 e. The summed E-state index contributed by atoms with van der Waals surface area (Å²) in [5.41, 5.74) is 1.13. The third-order valence-electron chi connectivity index (χ3n) is 1.94. The first-order chi connectivity index (χ1) is 7.31. The molecule has 1 N–H and O–H groups in total. The second kappa shape index (κ2) is 3.91. The van der Waals surface area contributed by atoms with Crippen LogP contribution in [0.1, 0.15) is 10.5 Å². The van der Waals surface area contributed by atoms with E-state index in [-0.39, 0.29) is 5.91 Å². The molecule has 1 aromatic carbocycles. The third-order valence-corrected chi connectivity index (χ3v) is 1.94. The zero-order valence-electron chi connectivity index (χ0n) is 8.21. The van der Waals surface area contributed by atoms with Crippen molar-refractivity contribution >= 4 is 5.91 Å². The summed E-state index contributed by atoms with van der Waals surface area (Å²) < 4.78 is 0. The monoisotopic (exact) mass is 202 g/mol. The number of hydrogen-bond donors (Lipinski definition) is 1. The van der Waals surface area contributed by atoms with Crippen molar-refractivity contribution in [1.29, 1.82) is 0 Å². The minimum Gasteiger partial charge on any atom is -0.354 e. The van der Waals surface area contributed by atoms with Crippen molar-refractivity contribution in [3.05, 3.63) is 42.2 Å². The Morgan fingerprint density at radius 1 is 1.33 bits per heavy atom. The molecule has 0 aliphatic rings. The second-order valence-electron chi connectivity index (χ2n) is 2.93. The van der Waals surface area contributed by atoms with Gasteiger partial charge in [0.15, 0.2) is 5.69 Å². The normalized spacial score (nSPS) is 9.93. The topological polar surface area (TPSA) is 59.8 Å². The van der Waals surface area contributed by atoms with Gasteiger partial charge in [0.05, 0.1) is 11.9 Å². The van der Waals surface area contributed by atoms with Crippen molar-refractivity contribution in [1.82, 2.24) is 20.3 Å². The van der Waals surface area contributed by atoms with E-state index in [4.69, 9.17) is 0 Å². The molecule has 0 fully saturated rings. The highest BCUT2D eigenvalue weighted by atomic mass is 16.1. The van der Waals surface area contributed by atoms with Gasteiger partial charge in [-0.1, -0.05) is 18.2 Å². The number of aromatic nitrogens is 3. The molecule has 5 nitrogen and oxygen atoms in total. The van der Waals surface area contributed by atoms with Crippen LogP contribution in [-0.4, -0.2) is 27.9 Å². The summed E-state index contributed by atoms with van der Waals surface area (Å²) in [6.07, 6.45) is 1.44. The lowest BCUT2D eigenvalue weighted by atomic mass is 10.3. The number of carbonyl (C=O) groups excluding carboxylic acids is 1. The summed E-state index contributed by atoms with van der Waals surface area (Å²) in [5.74, 6) is -0.239. The largest absolute Gasteiger partial charge is 0.354 e. The van der Waals surface area contributed by atoms with Crippen LogP contribution in [0.15, 0.2) is 36.5 Å². The van der Waals surface area contributed by atoms with Crippen LogP contribution in [0.4, 0.5) is 0 Å². The number of benzene rings is 1. The summed E-state index contributed by atoms with van der Waals surface area (Å²) >= 11 is 0. The number of amides is 1. The Labute approximate surface area is 86.7 Å². The highest BCUT2D eigenvalue weighted by Gasteiger charge is 2.08. The van der Waals surface area contributed by atoms with Crippen LogP contribution >= 0.6 is 0 Å². The molecule has 0 aliphatic heterocycles. The molecular weight excluding hydrogens is 192 g/mol. The van der Waals surface area contributed by atoms with Crippen LogP contribution in [0.5, 0.6) is 0 Å². The van der Waals surface area contributed by atoms with Crippen LogP contribution in [0.2, 0.25) is 0 Å². The van der Waals surface area contributed by atoms with Crippen LogP contribution in [0.25, 0.3) is 5.69 Å². The maximum atomic E-state index is 11.2. The number of carbonyl (C=O) groups is 1. The molecule has 0 aliphatic carbocycles. The minimum absolute atomic E-state index is 0.239. The fourth-order valence-electron chi connectivity index (χ4n) is 1.18. The van der Waals surface area contributed by atoms with Gasteiger partial charge in [-0.3, -0.25) is 4.79 Å². The Hall–Kier alpha value is -2.17. The zero-order valence-corrected chi connectivity index (χ0v) is 8.21. The summed E-state index contributed by atoms with van der Waals surface area (Å²) in [6, 6.07) is 9.42. The molecule has 0 bridgehead atoms. The van der Waals surface area contributed by atoms with Gasteiger partial charge in [0.25, 0.3) is 5.91 Å². The first-order valence-electron chi connectivity index (χ1n) is 4.51. The van der Waals surface area contributed by atoms with E-state index >= 15 is 0 Å². The number of nitrogens with one attached hydrogen (secondary N) is 1. The lowest BCUT2D eigenvalue weighted by Crippen LogP contribution is -2.18. The molecule has 1 heterocycles. The molecule has 1 aromatic heterocycles. The predicted molar refractivity (Wildman–Crippen MR) is 54.7 cm³/mol. The number of nitrogens with zero attached hydrogens (tertiary/aromatic N) is 3. The zero-order chi connectivity index (χ0) is 10.7. The van der Waals surface area contributed by atoms with Crippen LogP contribution in [-0.2, 0) is 0 Å². The van der Waals surface area contributed by atoms with Gasteiger partial charge >= 0.3 is 0 Å². The smallest absolute Gasteiger partial charge is 0.273 e. The van der Waals surface area contributed by atoms with Crippen molar-refractivity contribution in [2.45, 2.75) is 0 Å². The minimum atomic E-state index is -0.239. The molecule has 0 spiro atoms. The number of hydrogen-bond acceptors (Lipinski definition) is 3. The van der Waals surface area contributed by atoms with Gasteiger partial charge in [0.2, 0.25) is 0 Å². The highest BCUT2D eigenvalue weighted by Crippen LogP contribution is 2.03. The van der Waals surface area contributed by atoms with E-state index in [1.54, 1.807) is 7.05 Å². The summed E-state index contributed by atoms with van der Waals surface area (Å²) in [4.78, 5) is 12.7. The molecular formula is C10H10N4O. The predicted octanol–water partition coefficient (Wildman–Crippen LogP) is 0.627. The lowest BCUT2D eigenvalue weighted by molar-refractivity contribution is 0.0957. The maximum absolute atomic E-state index is 11.2. The standard InChI is InChI=1S/C10H10N4O/c1-11-10(15)9-7-12-14(13-9)8-5-3-2-4-6-8/h2-7H,1H3,(H,11,15). The van der Waals surface area contributed by atoms with E-state index in [9.17, 15) is 4.79 Å². The van der Waals surface area contributed by atoms with Crippen molar-refractivity contribution in [2.24, 2.45) is 0 Å². The first-order valence-corrected chi connectivity index (χ1v) is 4.51.